The molecule has 1 atom stereocenters. The van der Waals surface area contributed by atoms with E-state index in [2.05, 4.69) is 0 Å². The lowest BCUT2D eigenvalue weighted by atomic mass is 9.91. The molecule has 8 heteroatoms. The summed E-state index contributed by atoms with van der Waals surface area (Å²) >= 11 is 0. The molecule has 2 aromatic carbocycles. The van der Waals surface area contributed by atoms with Gasteiger partial charge in [0, 0.05) is 17.8 Å². The van der Waals surface area contributed by atoms with Crippen LogP contribution < -0.4 is 4.90 Å². The maximum absolute atomic E-state index is 13.4. The van der Waals surface area contributed by atoms with Crippen LogP contribution in [0.1, 0.15) is 37.5 Å². The van der Waals surface area contributed by atoms with Gasteiger partial charge >= 0.3 is 12.1 Å². The van der Waals surface area contributed by atoms with Gasteiger partial charge in [-0.2, -0.15) is 13.2 Å². The molecule has 1 unspecified atom stereocenters. The van der Waals surface area contributed by atoms with Crippen molar-refractivity contribution in [2.75, 3.05) is 4.90 Å². The van der Waals surface area contributed by atoms with E-state index in [0.29, 0.717) is 16.7 Å². The molecular weight excluding hydrogens is 402 g/mol. The molecular formula is C22H21F4NO3. The standard InChI is InChI=1S/C22H21F4NO3/c1-12(2)30-20-19(21(28)29)13(3)17-9-6-15(22(24,25)26)10-18(17)27(20)11-14-4-7-16(23)8-5-14/h4-10,12,20H,11H2,1-3H3,(H,28,29). The molecule has 0 fully saturated rings. The number of hydrogen-bond donors (Lipinski definition) is 1. The highest BCUT2D eigenvalue weighted by Crippen LogP contribution is 2.43. The predicted octanol–water partition coefficient (Wildman–Crippen LogP) is 5.47. The number of hydrogen-bond acceptors (Lipinski definition) is 3. The van der Waals surface area contributed by atoms with Crippen LogP contribution in [0.5, 0.6) is 0 Å². The topological polar surface area (TPSA) is 49.8 Å². The predicted molar refractivity (Wildman–Crippen MR) is 104 cm³/mol. The number of carboxylic acid groups (broad SMARTS) is 1. The Morgan fingerprint density at radius 3 is 2.33 bits per heavy atom. The van der Waals surface area contributed by atoms with Crippen molar-refractivity contribution < 1.29 is 32.2 Å². The first-order valence-electron chi connectivity index (χ1n) is 9.31. The Morgan fingerprint density at radius 2 is 1.80 bits per heavy atom. The van der Waals surface area contributed by atoms with Gasteiger partial charge in [-0.25, -0.2) is 9.18 Å². The number of allylic oxidation sites excluding steroid dienone is 1. The van der Waals surface area contributed by atoms with Crippen molar-refractivity contribution in [2.45, 2.75) is 45.8 Å². The van der Waals surface area contributed by atoms with Crippen molar-refractivity contribution in [2.24, 2.45) is 0 Å². The number of fused-ring (bicyclic) bond motifs is 1. The Kier molecular flexibility index (Phi) is 5.90. The molecule has 0 radical (unpaired) electrons. The molecule has 1 N–H and O–H groups in total. The van der Waals surface area contributed by atoms with Gasteiger partial charge in [0.1, 0.15) is 5.82 Å². The van der Waals surface area contributed by atoms with Crippen LogP contribution in [0.4, 0.5) is 23.2 Å². The summed E-state index contributed by atoms with van der Waals surface area (Å²) in [5.41, 5.74) is 0.639. The van der Waals surface area contributed by atoms with Crippen molar-refractivity contribution >= 4 is 17.2 Å². The molecule has 0 aliphatic carbocycles. The molecule has 0 spiro atoms. The Bertz CT molecular complexity index is 981. The van der Waals surface area contributed by atoms with E-state index in [1.807, 2.05) is 0 Å². The van der Waals surface area contributed by atoms with E-state index in [-0.39, 0.29) is 23.9 Å². The summed E-state index contributed by atoms with van der Waals surface area (Å²) in [4.78, 5) is 13.5. The zero-order valence-corrected chi connectivity index (χ0v) is 16.6. The zero-order valence-electron chi connectivity index (χ0n) is 16.6. The minimum Gasteiger partial charge on any atom is -0.478 e. The normalized spacial score (nSPS) is 16.8. The summed E-state index contributed by atoms with van der Waals surface area (Å²) in [5, 5.41) is 9.83. The van der Waals surface area contributed by atoms with E-state index in [1.165, 1.54) is 35.2 Å². The van der Waals surface area contributed by atoms with E-state index in [4.69, 9.17) is 4.74 Å². The third kappa shape index (κ3) is 4.33. The highest BCUT2D eigenvalue weighted by molar-refractivity contribution is 6.01. The van der Waals surface area contributed by atoms with Gasteiger partial charge in [0.2, 0.25) is 0 Å². The SMILES string of the molecule is CC1=C(C(=O)O)C(OC(C)C)N(Cc2ccc(F)cc2)c2cc(C(F)(F)F)ccc21. The molecule has 30 heavy (non-hydrogen) atoms. The molecule has 0 aromatic heterocycles. The van der Waals surface area contributed by atoms with Crippen LogP contribution in [-0.2, 0) is 22.3 Å². The van der Waals surface area contributed by atoms with Crippen molar-refractivity contribution in [1.29, 1.82) is 0 Å². The van der Waals surface area contributed by atoms with Crippen LogP contribution in [0, 0.1) is 5.82 Å². The minimum absolute atomic E-state index is 0.0377. The van der Waals surface area contributed by atoms with Crippen LogP contribution in [0.2, 0.25) is 0 Å². The molecule has 0 bridgehead atoms. The first-order chi connectivity index (χ1) is 14.0. The molecule has 1 heterocycles. The monoisotopic (exact) mass is 423 g/mol. The molecule has 1 aliphatic heterocycles. The van der Waals surface area contributed by atoms with E-state index >= 15 is 0 Å². The maximum atomic E-state index is 13.4. The molecule has 160 valence electrons. The molecule has 4 nitrogen and oxygen atoms in total. The molecule has 0 saturated heterocycles. The van der Waals surface area contributed by atoms with E-state index in [0.717, 1.165) is 12.1 Å². The zero-order chi connectivity index (χ0) is 22.2. The third-order valence-electron chi connectivity index (χ3n) is 4.87. The van der Waals surface area contributed by atoms with Crippen molar-refractivity contribution in [3.63, 3.8) is 0 Å². The summed E-state index contributed by atoms with van der Waals surface area (Å²) < 4.78 is 59.3. The summed E-state index contributed by atoms with van der Waals surface area (Å²) in [6, 6.07) is 8.69. The number of aliphatic carboxylic acids is 1. The van der Waals surface area contributed by atoms with E-state index in [1.54, 1.807) is 20.8 Å². The fourth-order valence-corrected chi connectivity index (χ4v) is 3.50. The molecule has 2 aromatic rings. The number of carbonyl (C=O) groups is 1. The van der Waals surface area contributed by atoms with E-state index < -0.39 is 29.8 Å². The number of anilines is 1. The van der Waals surface area contributed by atoms with Crippen LogP contribution in [0.3, 0.4) is 0 Å². The summed E-state index contributed by atoms with van der Waals surface area (Å²) in [7, 11) is 0. The Labute approximate surface area is 171 Å². The Morgan fingerprint density at radius 1 is 1.17 bits per heavy atom. The number of halogens is 4. The summed E-state index contributed by atoms with van der Waals surface area (Å²) in [6.07, 6.45) is -6.06. The number of alkyl halides is 3. The fourth-order valence-electron chi connectivity index (χ4n) is 3.50. The van der Waals surface area contributed by atoms with Gasteiger partial charge in [0.15, 0.2) is 6.23 Å². The number of rotatable bonds is 5. The van der Waals surface area contributed by atoms with Crippen LogP contribution in [0.25, 0.3) is 5.57 Å². The molecule has 1 aliphatic rings. The highest BCUT2D eigenvalue weighted by Gasteiger charge is 2.39. The van der Waals surface area contributed by atoms with Crippen molar-refractivity contribution in [1.82, 2.24) is 0 Å². The molecule has 0 saturated carbocycles. The lowest BCUT2D eigenvalue weighted by Gasteiger charge is -2.40. The van der Waals surface area contributed by atoms with Gasteiger partial charge in [-0.05, 0) is 56.2 Å². The molecule has 0 amide bonds. The van der Waals surface area contributed by atoms with Gasteiger partial charge in [0.05, 0.1) is 17.2 Å². The molecule has 3 rings (SSSR count). The van der Waals surface area contributed by atoms with Crippen LogP contribution in [0.15, 0.2) is 48.0 Å². The summed E-state index contributed by atoms with van der Waals surface area (Å²) in [5.74, 6) is -1.66. The fraction of sp³-hybridized carbons (Fsp3) is 0.318. The smallest absolute Gasteiger partial charge is 0.416 e. The second-order valence-corrected chi connectivity index (χ2v) is 7.37. The maximum Gasteiger partial charge on any atom is 0.416 e. The van der Waals surface area contributed by atoms with Gasteiger partial charge in [-0.3, -0.25) is 0 Å². The lowest BCUT2D eigenvalue weighted by Crippen LogP contribution is -2.45. The largest absolute Gasteiger partial charge is 0.478 e. The third-order valence-corrected chi connectivity index (χ3v) is 4.87. The number of benzene rings is 2. The van der Waals surface area contributed by atoms with Gasteiger partial charge in [-0.1, -0.05) is 18.2 Å². The van der Waals surface area contributed by atoms with Gasteiger partial charge in [0.25, 0.3) is 0 Å². The van der Waals surface area contributed by atoms with E-state index in [9.17, 15) is 27.5 Å². The average Bonchev–Trinajstić information content (AvgIpc) is 2.64. The lowest BCUT2D eigenvalue weighted by molar-refractivity contribution is -0.138. The highest BCUT2D eigenvalue weighted by atomic mass is 19.4. The second kappa shape index (κ2) is 8.10. The Balaban J connectivity index is 2.21. The van der Waals surface area contributed by atoms with Gasteiger partial charge < -0.3 is 14.7 Å². The Hall–Kier alpha value is -2.87. The number of carboxylic acids is 1. The van der Waals surface area contributed by atoms with Crippen molar-refractivity contribution in [3.8, 4) is 0 Å². The first-order valence-corrected chi connectivity index (χ1v) is 9.31. The average molecular weight is 423 g/mol. The van der Waals surface area contributed by atoms with Gasteiger partial charge in [-0.15, -0.1) is 0 Å². The van der Waals surface area contributed by atoms with Crippen LogP contribution in [-0.4, -0.2) is 23.4 Å². The van der Waals surface area contributed by atoms with Crippen LogP contribution >= 0.6 is 0 Å². The minimum atomic E-state index is -4.56. The van der Waals surface area contributed by atoms with Crippen molar-refractivity contribution in [3.05, 3.63) is 70.5 Å². The summed E-state index contributed by atoms with van der Waals surface area (Å²) in [6.45, 7) is 5.02. The first kappa shape index (κ1) is 21.8. The number of ether oxygens (including phenoxy) is 1. The number of nitrogens with zero attached hydrogens (tertiary/aromatic N) is 1. The quantitative estimate of drug-likeness (QED) is 0.648. The second-order valence-electron chi connectivity index (χ2n) is 7.37.